The number of hydrogen-bond donors (Lipinski definition) is 2. The van der Waals surface area contributed by atoms with Gasteiger partial charge in [0.2, 0.25) is 11.8 Å². The smallest absolute Gasteiger partial charge is 0.264 e. The van der Waals surface area contributed by atoms with Crippen molar-refractivity contribution in [2.75, 3.05) is 32.1 Å². The lowest BCUT2D eigenvalue weighted by molar-refractivity contribution is -0.124. The van der Waals surface area contributed by atoms with Crippen molar-refractivity contribution in [1.82, 2.24) is 10.2 Å². The summed E-state index contributed by atoms with van der Waals surface area (Å²) in [5, 5.41) is 5.18. The molecule has 1 aromatic heterocycles. The Morgan fingerprint density at radius 2 is 1.81 bits per heavy atom. The molecule has 0 aliphatic heterocycles. The number of hydrogen-bond acceptors (Lipinski definition) is 5. The number of likely N-dealkylation sites (N-methyl/N-ethyl adjacent to an activating group) is 1. The first-order valence-corrected chi connectivity index (χ1v) is 9.80. The molecule has 0 aliphatic rings. The van der Waals surface area contributed by atoms with Gasteiger partial charge in [-0.2, -0.15) is 0 Å². The second-order valence-corrected chi connectivity index (χ2v) is 8.01. The summed E-state index contributed by atoms with van der Waals surface area (Å²) in [7, 11) is 1.54. The molecule has 1 heterocycles. The van der Waals surface area contributed by atoms with Gasteiger partial charge in [-0.15, -0.1) is 11.3 Å². The fourth-order valence-corrected chi connectivity index (χ4v) is 3.53. The van der Waals surface area contributed by atoms with Crippen LogP contribution in [-0.2, 0) is 9.59 Å². The third kappa shape index (κ3) is 6.69. The Hall–Kier alpha value is -2.39. The van der Waals surface area contributed by atoms with Gasteiger partial charge in [-0.3, -0.25) is 14.4 Å². The van der Waals surface area contributed by atoms with Crippen molar-refractivity contribution in [1.29, 1.82) is 0 Å². The molecule has 3 amide bonds. The Balaban J connectivity index is 1.75. The molecule has 2 N–H and O–H groups in total. The molecule has 2 rings (SSSR count). The highest BCUT2D eigenvalue weighted by Gasteiger charge is 2.17. The van der Waals surface area contributed by atoms with Gasteiger partial charge in [0.25, 0.3) is 5.91 Å². The first-order chi connectivity index (χ1) is 12.9. The van der Waals surface area contributed by atoms with Crippen molar-refractivity contribution in [2.45, 2.75) is 6.92 Å². The predicted octanol–water partition coefficient (Wildman–Crippen LogP) is 2.74. The third-order valence-electron chi connectivity index (χ3n) is 3.41. The summed E-state index contributed by atoms with van der Waals surface area (Å²) in [6.07, 6.45) is 0. The van der Waals surface area contributed by atoms with E-state index in [0.717, 1.165) is 3.79 Å². The molecule has 0 unspecified atom stereocenters. The van der Waals surface area contributed by atoms with E-state index < -0.39 is 5.91 Å². The van der Waals surface area contributed by atoms with E-state index in [1.165, 1.54) is 23.3 Å². The molecule has 0 aliphatic carbocycles. The van der Waals surface area contributed by atoms with Gasteiger partial charge in [0.05, 0.1) is 28.4 Å². The van der Waals surface area contributed by atoms with Crippen molar-refractivity contribution in [3.8, 4) is 5.75 Å². The number of carbonyl (C=O) groups is 3. The summed E-state index contributed by atoms with van der Waals surface area (Å²) in [5.41, 5.74) is 0.605. The average Bonchev–Trinajstić information content (AvgIpc) is 3.07. The Morgan fingerprint density at radius 1 is 1.11 bits per heavy atom. The van der Waals surface area contributed by atoms with Gasteiger partial charge in [0.1, 0.15) is 5.75 Å². The van der Waals surface area contributed by atoms with Crippen LogP contribution in [0.25, 0.3) is 0 Å². The number of rotatable bonds is 8. The summed E-state index contributed by atoms with van der Waals surface area (Å²) in [5.74, 6) is -0.305. The van der Waals surface area contributed by atoms with Crippen LogP contribution in [0.3, 0.4) is 0 Å². The summed E-state index contributed by atoms with van der Waals surface area (Å²) in [4.78, 5) is 37.9. The molecular weight excluding hydrogens is 434 g/mol. The summed E-state index contributed by atoms with van der Waals surface area (Å²) in [6.45, 7) is 2.14. The number of thiophene rings is 1. The van der Waals surface area contributed by atoms with E-state index in [-0.39, 0.29) is 24.9 Å². The van der Waals surface area contributed by atoms with Gasteiger partial charge in [0.15, 0.2) is 0 Å². The van der Waals surface area contributed by atoms with E-state index in [9.17, 15) is 14.4 Å². The zero-order chi connectivity index (χ0) is 19.8. The third-order valence-corrected chi connectivity index (χ3v) is 5.02. The molecule has 144 valence electrons. The van der Waals surface area contributed by atoms with Crippen LogP contribution in [0.2, 0.25) is 0 Å². The van der Waals surface area contributed by atoms with Crippen molar-refractivity contribution in [3.63, 3.8) is 0 Å². The molecular formula is C18H20BrN3O4S. The van der Waals surface area contributed by atoms with E-state index in [1.54, 1.807) is 36.4 Å². The lowest BCUT2D eigenvalue weighted by Gasteiger charge is -2.15. The quantitative estimate of drug-likeness (QED) is 0.642. The number of benzene rings is 1. The lowest BCUT2D eigenvalue weighted by atomic mass is 10.3. The van der Waals surface area contributed by atoms with Crippen molar-refractivity contribution >= 4 is 50.7 Å². The van der Waals surface area contributed by atoms with Crippen LogP contribution < -0.4 is 15.4 Å². The van der Waals surface area contributed by atoms with Crippen LogP contribution in [0.4, 0.5) is 5.69 Å². The molecule has 0 bridgehead atoms. The highest BCUT2D eigenvalue weighted by Crippen LogP contribution is 2.23. The minimum absolute atomic E-state index is 0.134. The first-order valence-electron chi connectivity index (χ1n) is 8.19. The molecule has 0 saturated carbocycles. The van der Waals surface area contributed by atoms with Gasteiger partial charge in [-0.1, -0.05) is 0 Å². The Kier molecular flexibility index (Phi) is 7.81. The van der Waals surface area contributed by atoms with Crippen molar-refractivity contribution in [3.05, 3.63) is 45.1 Å². The van der Waals surface area contributed by atoms with Gasteiger partial charge < -0.3 is 20.3 Å². The predicted molar refractivity (Wildman–Crippen MR) is 108 cm³/mol. The van der Waals surface area contributed by atoms with Gasteiger partial charge in [-0.25, -0.2) is 0 Å². The molecule has 0 saturated heterocycles. The normalized spacial score (nSPS) is 10.2. The Bertz CT molecular complexity index is 807. The molecule has 0 atom stereocenters. The molecule has 1 aromatic carbocycles. The number of anilines is 1. The van der Waals surface area contributed by atoms with Crippen LogP contribution in [0, 0.1) is 0 Å². The minimum atomic E-state index is -0.414. The molecule has 7 nitrogen and oxygen atoms in total. The van der Waals surface area contributed by atoms with Crippen molar-refractivity contribution in [2.24, 2.45) is 0 Å². The highest BCUT2D eigenvalue weighted by molar-refractivity contribution is 9.11. The summed E-state index contributed by atoms with van der Waals surface area (Å²) >= 11 is 4.59. The van der Waals surface area contributed by atoms with Crippen LogP contribution in [0.15, 0.2) is 40.2 Å². The number of amides is 3. The number of nitrogens with one attached hydrogen (secondary N) is 2. The maximum Gasteiger partial charge on any atom is 0.264 e. The van der Waals surface area contributed by atoms with E-state index >= 15 is 0 Å². The number of halogens is 1. The standard InChI is InChI=1S/C18H20BrN3O4S/c1-3-26-13-6-4-12(5-7-13)21-16(23)10-20-17(24)11-22(2)18(25)14-8-9-15(19)27-14/h4-9H,3,10-11H2,1-2H3,(H,20,24)(H,21,23). The number of nitrogens with zero attached hydrogens (tertiary/aromatic N) is 1. The molecule has 9 heteroatoms. The molecule has 2 aromatic rings. The van der Waals surface area contributed by atoms with E-state index in [0.29, 0.717) is 22.9 Å². The van der Waals surface area contributed by atoms with E-state index in [4.69, 9.17) is 4.74 Å². The van der Waals surface area contributed by atoms with Gasteiger partial charge in [-0.05, 0) is 59.3 Å². The van der Waals surface area contributed by atoms with E-state index in [1.807, 2.05) is 6.92 Å². The number of ether oxygens (including phenoxy) is 1. The molecule has 0 spiro atoms. The zero-order valence-electron chi connectivity index (χ0n) is 15.0. The van der Waals surface area contributed by atoms with Crippen LogP contribution in [-0.4, -0.2) is 49.4 Å². The second kappa shape index (κ2) is 10.1. The highest BCUT2D eigenvalue weighted by atomic mass is 79.9. The molecule has 27 heavy (non-hydrogen) atoms. The van der Waals surface area contributed by atoms with Gasteiger partial charge in [0, 0.05) is 12.7 Å². The molecule has 0 radical (unpaired) electrons. The first kappa shape index (κ1) is 20.9. The van der Waals surface area contributed by atoms with Gasteiger partial charge >= 0.3 is 0 Å². The van der Waals surface area contributed by atoms with Crippen LogP contribution in [0.5, 0.6) is 5.75 Å². The van der Waals surface area contributed by atoms with Crippen LogP contribution in [0.1, 0.15) is 16.6 Å². The van der Waals surface area contributed by atoms with Crippen LogP contribution >= 0.6 is 27.3 Å². The monoisotopic (exact) mass is 453 g/mol. The maximum atomic E-state index is 12.2. The number of carbonyl (C=O) groups excluding carboxylic acids is 3. The Morgan fingerprint density at radius 3 is 2.41 bits per heavy atom. The van der Waals surface area contributed by atoms with E-state index in [2.05, 4.69) is 26.6 Å². The Labute approximate surface area is 169 Å². The SMILES string of the molecule is CCOc1ccc(NC(=O)CNC(=O)CN(C)C(=O)c2ccc(Br)s2)cc1. The minimum Gasteiger partial charge on any atom is -0.494 e. The lowest BCUT2D eigenvalue weighted by Crippen LogP contribution is -2.41. The van der Waals surface area contributed by atoms with Crippen molar-refractivity contribution < 1.29 is 19.1 Å². The zero-order valence-corrected chi connectivity index (χ0v) is 17.4. The fourth-order valence-electron chi connectivity index (χ4n) is 2.15. The fraction of sp³-hybridized carbons (Fsp3) is 0.278. The topological polar surface area (TPSA) is 87.7 Å². The second-order valence-electron chi connectivity index (χ2n) is 5.55. The summed E-state index contributed by atoms with van der Waals surface area (Å²) < 4.78 is 6.17. The molecule has 0 fully saturated rings. The largest absolute Gasteiger partial charge is 0.494 e. The summed E-state index contributed by atoms with van der Waals surface area (Å²) in [6, 6.07) is 10.4. The maximum absolute atomic E-state index is 12.2. The average molecular weight is 454 g/mol.